The average Bonchev–Trinajstić information content (AvgIpc) is 2.82. The Hall–Kier alpha value is -2.47. The molecule has 5 rings (SSSR count). The zero-order valence-electron chi connectivity index (χ0n) is 20.6. The van der Waals surface area contributed by atoms with Gasteiger partial charge in [0.05, 0.1) is 11.0 Å². The number of rotatable bonds is 5. The van der Waals surface area contributed by atoms with Crippen molar-refractivity contribution in [3.8, 4) is 0 Å². The summed E-state index contributed by atoms with van der Waals surface area (Å²) in [5.74, 6) is -0.0310. The molecule has 1 aromatic carbocycles. The molecule has 1 aliphatic carbocycles. The van der Waals surface area contributed by atoms with Crippen molar-refractivity contribution in [3.63, 3.8) is 0 Å². The first-order valence-electron chi connectivity index (χ1n) is 13.1. The maximum absolute atomic E-state index is 13.3. The number of hydrogen-bond donors (Lipinski definition) is 1. The van der Waals surface area contributed by atoms with Gasteiger partial charge in [0, 0.05) is 24.2 Å². The number of fused-ring (bicyclic) bond motifs is 3. The fourth-order valence-corrected chi connectivity index (χ4v) is 7.33. The standard InChI is InChI=1S/C28H37N3O3/c1-4-18-13-17(3)26(19(5-2)14-18)30-20-9-8-10-21(30)16-22(15-20)31-24-12-7-6-11-23(24)29-25(27(31)32)28(33)34/h6-7,11-13,17,19-22,26H,4-5,8-10,14-16H2,1-3H3,(H,33,34)/t17?,19?,20-,21?,22?,26?/m0/s1. The van der Waals surface area contributed by atoms with Gasteiger partial charge in [0.15, 0.2) is 0 Å². The Morgan fingerprint density at radius 1 is 1.12 bits per heavy atom. The summed E-state index contributed by atoms with van der Waals surface area (Å²) in [4.78, 5) is 32.2. The molecular weight excluding hydrogens is 426 g/mol. The number of allylic oxidation sites excluding steroid dienone is 1. The molecular formula is C28H37N3O3. The minimum Gasteiger partial charge on any atom is -0.476 e. The zero-order valence-corrected chi connectivity index (χ0v) is 20.6. The molecule has 2 aromatic rings. The van der Waals surface area contributed by atoms with E-state index in [0.717, 1.165) is 37.6 Å². The van der Waals surface area contributed by atoms with Crippen molar-refractivity contribution in [2.45, 2.75) is 96.3 Å². The van der Waals surface area contributed by atoms with Crippen LogP contribution in [0.5, 0.6) is 0 Å². The molecule has 0 amide bonds. The van der Waals surface area contributed by atoms with Crippen LogP contribution in [0, 0.1) is 11.8 Å². The Bertz CT molecular complexity index is 1160. The van der Waals surface area contributed by atoms with Crippen LogP contribution in [0.15, 0.2) is 40.7 Å². The molecule has 2 aliphatic heterocycles. The number of aromatic nitrogens is 2. The molecule has 1 N–H and O–H groups in total. The minimum absolute atomic E-state index is 0.00534. The largest absolute Gasteiger partial charge is 0.476 e. The topological polar surface area (TPSA) is 75.4 Å². The van der Waals surface area contributed by atoms with Crippen molar-refractivity contribution in [2.24, 2.45) is 11.8 Å². The van der Waals surface area contributed by atoms with Crippen molar-refractivity contribution in [3.05, 3.63) is 52.0 Å². The van der Waals surface area contributed by atoms with Gasteiger partial charge in [0.25, 0.3) is 5.56 Å². The summed E-state index contributed by atoms with van der Waals surface area (Å²) in [5.41, 5.74) is 2.11. The Balaban J connectivity index is 1.53. The summed E-state index contributed by atoms with van der Waals surface area (Å²) in [7, 11) is 0. The number of aromatic carboxylic acids is 1. The smallest absolute Gasteiger partial charge is 0.360 e. The van der Waals surface area contributed by atoms with Gasteiger partial charge < -0.3 is 9.67 Å². The predicted octanol–water partition coefficient (Wildman–Crippen LogP) is 5.42. The lowest BCUT2D eigenvalue weighted by molar-refractivity contribution is -0.0510. The van der Waals surface area contributed by atoms with E-state index in [2.05, 4.69) is 36.7 Å². The van der Waals surface area contributed by atoms with E-state index in [4.69, 9.17) is 0 Å². The molecule has 1 aromatic heterocycles. The van der Waals surface area contributed by atoms with Gasteiger partial charge in [-0.1, -0.05) is 57.4 Å². The van der Waals surface area contributed by atoms with E-state index in [9.17, 15) is 14.7 Å². The Morgan fingerprint density at radius 2 is 1.82 bits per heavy atom. The maximum atomic E-state index is 13.3. The average molecular weight is 464 g/mol. The van der Waals surface area contributed by atoms with Gasteiger partial charge >= 0.3 is 5.97 Å². The van der Waals surface area contributed by atoms with Crippen LogP contribution in [0.2, 0.25) is 0 Å². The summed E-state index contributed by atoms with van der Waals surface area (Å²) in [5, 5.41) is 9.66. The second-order valence-corrected chi connectivity index (χ2v) is 10.6. The van der Waals surface area contributed by atoms with Crippen LogP contribution in [0.4, 0.5) is 0 Å². The quantitative estimate of drug-likeness (QED) is 0.599. The van der Waals surface area contributed by atoms with E-state index < -0.39 is 11.5 Å². The second-order valence-electron chi connectivity index (χ2n) is 10.6. The third-order valence-corrected chi connectivity index (χ3v) is 8.74. The number of piperidine rings is 2. The van der Waals surface area contributed by atoms with Crippen molar-refractivity contribution in [1.29, 1.82) is 0 Å². The highest BCUT2D eigenvalue weighted by Gasteiger charge is 2.46. The molecule has 2 saturated heterocycles. The highest BCUT2D eigenvalue weighted by Crippen LogP contribution is 2.46. The van der Waals surface area contributed by atoms with E-state index in [0.29, 0.717) is 35.5 Å². The lowest BCUT2D eigenvalue weighted by atomic mass is 9.71. The second kappa shape index (κ2) is 9.29. The van der Waals surface area contributed by atoms with E-state index in [-0.39, 0.29) is 11.7 Å². The van der Waals surface area contributed by atoms with Gasteiger partial charge in [-0.2, -0.15) is 0 Å². The molecule has 2 bridgehead atoms. The lowest BCUT2D eigenvalue weighted by Gasteiger charge is -2.56. The van der Waals surface area contributed by atoms with E-state index in [1.54, 1.807) is 16.2 Å². The monoisotopic (exact) mass is 463 g/mol. The summed E-state index contributed by atoms with van der Waals surface area (Å²) in [6.45, 7) is 7.00. The number of carboxylic acids is 1. The molecule has 0 spiro atoms. The maximum Gasteiger partial charge on any atom is 0.360 e. The third-order valence-electron chi connectivity index (χ3n) is 8.74. The highest BCUT2D eigenvalue weighted by atomic mass is 16.4. The van der Waals surface area contributed by atoms with Crippen LogP contribution in [-0.2, 0) is 0 Å². The summed E-state index contributed by atoms with van der Waals surface area (Å²) < 4.78 is 1.77. The van der Waals surface area contributed by atoms with Crippen LogP contribution >= 0.6 is 0 Å². The minimum atomic E-state index is -1.25. The van der Waals surface area contributed by atoms with Crippen molar-refractivity contribution < 1.29 is 9.90 Å². The number of carboxylic acid groups (broad SMARTS) is 1. The first-order valence-corrected chi connectivity index (χ1v) is 13.1. The summed E-state index contributed by atoms with van der Waals surface area (Å²) >= 11 is 0. The van der Waals surface area contributed by atoms with Gasteiger partial charge in [-0.15, -0.1) is 0 Å². The van der Waals surface area contributed by atoms with Gasteiger partial charge in [-0.25, -0.2) is 9.78 Å². The number of nitrogens with zero attached hydrogens (tertiary/aromatic N) is 3. The van der Waals surface area contributed by atoms with Gasteiger partial charge in [-0.05, 0) is 62.5 Å². The third kappa shape index (κ3) is 3.90. The Morgan fingerprint density at radius 3 is 2.47 bits per heavy atom. The Kier molecular flexibility index (Phi) is 6.36. The lowest BCUT2D eigenvalue weighted by Crippen LogP contribution is -2.61. The summed E-state index contributed by atoms with van der Waals surface area (Å²) in [6.07, 6.45) is 11.4. The normalized spacial score (nSPS) is 31.9. The van der Waals surface area contributed by atoms with Gasteiger partial charge in [0.2, 0.25) is 5.69 Å². The molecule has 0 saturated carbocycles. The van der Waals surface area contributed by atoms with Gasteiger partial charge in [0.1, 0.15) is 0 Å². The number of benzene rings is 1. The van der Waals surface area contributed by atoms with E-state index >= 15 is 0 Å². The van der Waals surface area contributed by atoms with E-state index in [1.165, 1.54) is 19.3 Å². The summed E-state index contributed by atoms with van der Waals surface area (Å²) in [6, 6.07) is 8.89. The molecule has 2 fully saturated rings. The SMILES string of the molecule is CCC1=CC(C)C(N2C3CCC[C@H]2CC(n2c(=O)c(C(=O)O)nc4ccccc42)C3)C(CC)C1. The molecule has 6 atom stereocenters. The van der Waals surface area contributed by atoms with Crippen LogP contribution in [0.25, 0.3) is 11.0 Å². The molecule has 34 heavy (non-hydrogen) atoms. The number of carbonyl (C=O) groups is 1. The molecule has 182 valence electrons. The molecule has 5 unspecified atom stereocenters. The van der Waals surface area contributed by atoms with Crippen LogP contribution in [-0.4, -0.2) is 43.7 Å². The first-order chi connectivity index (χ1) is 16.4. The number of para-hydroxylation sites is 2. The van der Waals surface area contributed by atoms with Crippen molar-refractivity contribution in [1.82, 2.24) is 14.5 Å². The molecule has 3 aliphatic rings. The highest BCUT2D eigenvalue weighted by molar-refractivity contribution is 5.88. The molecule has 6 nitrogen and oxygen atoms in total. The zero-order chi connectivity index (χ0) is 24.0. The fraction of sp³-hybridized carbons (Fsp3) is 0.607. The van der Waals surface area contributed by atoms with Crippen molar-refractivity contribution >= 4 is 17.0 Å². The molecule has 3 heterocycles. The van der Waals surface area contributed by atoms with Crippen molar-refractivity contribution in [2.75, 3.05) is 0 Å². The van der Waals surface area contributed by atoms with Crippen LogP contribution < -0.4 is 5.56 Å². The van der Waals surface area contributed by atoms with Gasteiger partial charge in [-0.3, -0.25) is 9.69 Å². The predicted molar refractivity (Wildman–Crippen MR) is 134 cm³/mol. The van der Waals surface area contributed by atoms with Crippen LogP contribution in [0.3, 0.4) is 0 Å². The number of hydrogen-bond acceptors (Lipinski definition) is 4. The molecule has 0 radical (unpaired) electrons. The van der Waals surface area contributed by atoms with E-state index in [1.807, 2.05) is 18.2 Å². The van der Waals surface area contributed by atoms with Crippen LogP contribution in [0.1, 0.15) is 88.7 Å². The fourth-order valence-electron chi connectivity index (χ4n) is 7.33. The first kappa shape index (κ1) is 23.3. The molecule has 6 heteroatoms. The Labute approximate surface area is 201 Å².